The molecule has 1 N–H and O–H groups in total. The van der Waals surface area contributed by atoms with E-state index in [1.165, 1.54) is 0 Å². The summed E-state index contributed by atoms with van der Waals surface area (Å²) in [5, 5.41) is 5.12. The fourth-order valence-corrected chi connectivity index (χ4v) is 2.45. The van der Waals surface area contributed by atoms with Gasteiger partial charge in [0.2, 0.25) is 0 Å². The van der Waals surface area contributed by atoms with Gasteiger partial charge in [0.05, 0.1) is 0 Å². The van der Waals surface area contributed by atoms with Crippen molar-refractivity contribution in [3.8, 4) is 12.3 Å². The van der Waals surface area contributed by atoms with Crippen molar-refractivity contribution in [1.29, 1.82) is 0 Å². The van der Waals surface area contributed by atoms with Gasteiger partial charge >= 0.3 is 0 Å². The molecule has 2 rings (SSSR count). The monoisotopic (exact) mass is 329 g/mol. The smallest absolute Gasteiger partial charge is 0.251 e. The number of carbonyl (C=O) groups excluding carboxylic acids is 1. The molecule has 0 saturated heterocycles. The Labute approximate surface area is 127 Å². The lowest BCUT2D eigenvalue weighted by Crippen LogP contribution is -2.34. The quantitative estimate of drug-likeness (QED) is 0.839. The van der Waals surface area contributed by atoms with Gasteiger partial charge in [0, 0.05) is 22.5 Å². The van der Waals surface area contributed by atoms with E-state index in [2.05, 4.69) is 27.2 Å². The average Bonchev–Trinajstić information content (AvgIpc) is 2.46. The molecule has 0 bridgehead atoms. The Morgan fingerprint density at radius 1 is 1.30 bits per heavy atom. The summed E-state index contributed by atoms with van der Waals surface area (Å²) in [6, 6.07) is 11.7. The summed E-state index contributed by atoms with van der Waals surface area (Å²) in [5.74, 6) is 2.52. The maximum absolute atomic E-state index is 12.2. The second kappa shape index (κ2) is 6.58. The molecule has 1 amide bonds. The molecule has 2 aromatic rings. The van der Waals surface area contributed by atoms with E-state index >= 15 is 0 Å². The van der Waals surface area contributed by atoms with Crippen molar-refractivity contribution in [3.63, 3.8) is 0 Å². The van der Waals surface area contributed by atoms with Gasteiger partial charge in [-0.15, -0.1) is 12.3 Å². The highest BCUT2D eigenvalue weighted by Gasteiger charge is 2.11. The van der Waals surface area contributed by atoms with Gasteiger partial charge in [0.25, 0.3) is 5.91 Å². The first-order chi connectivity index (χ1) is 9.63. The van der Waals surface area contributed by atoms with Crippen LogP contribution in [0, 0.1) is 12.3 Å². The van der Waals surface area contributed by atoms with E-state index in [4.69, 9.17) is 6.42 Å². The third-order valence-corrected chi connectivity index (χ3v) is 3.75. The minimum Gasteiger partial charge on any atom is -0.348 e. The molecule has 0 aliphatic rings. The molecule has 3 heteroatoms. The minimum absolute atomic E-state index is 0.0353. The van der Waals surface area contributed by atoms with Crippen molar-refractivity contribution >= 4 is 32.6 Å². The van der Waals surface area contributed by atoms with Crippen molar-refractivity contribution in [1.82, 2.24) is 5.32 Å². The first-order valence-electron chi connectivity index (χ1n) is 6.57. The standard InChI is InChI=1S/C17H16BrNO/c1-3-5-16(4-2)19-17(20)14-7-6-13-11-15(18)9-8-12(13)10-14/h1,6-11,16H,4-5H2,2H3,(H,19,20). The van der Waals surface area contributed by atoms with E-state index in [-0.39, 0.29) is 11.9 Å². The largest absolute Gasteiger partial charge is 0.348 e. The van der Waals surface area contributed by atoms with E-state index in [0.29, 0.717) is 12.0 Å². The van der Waals surface area contributed by atoms with Crippen LogP contribution in [-0.2, 0) is 0 Å². The Balaban J connectivity index is 2.22. The zero-order chi connectivity index (χ0) is 14.5. The van der Waals surface area contributed by atoms with Gasteiger partial charge in [-0.05, 0) is 41.5 Å². The maximum atomic E-state index is 12.2. The van der Waals surface area contributed by atoms with Crippen LogP contribution in [0.4, 0.5) is 0 Å². The van der Waals surface area contributed by atoms with Gasteiger partial charge in [-0.25, -0.2) is 0 Å². The summed E-state index contributed by atoms with van der Waals surface area (Å²) in [4.78, 5) is 12.2. The van der Waals surface area contributed by atoms with E-state index < -0.39 is 0 Å². The van der Waals surface area contributed by atoms with Crippen LogP contribution >= 0.6 is 15.9 Å². The minimum atomic E-state index is -0.0723. The molecule has 0 spiro atoms. The lowest BCUT2D eigenvalue weighted by atomic mass is 10.1. The summed E-state index contributed by atoms with van der Waals surface area (Å²) >= 11 is 3.44. The van der Waals surface area contributed by atoms with Crippen LogP contribution in [0.5, 0.6) is 0 Å². The number of hydrogen-bond donors (Lipinski definition) is 1. The number of fused-ring (bicyclic) bond motifs is 1. The number of nitrogens with one attached hydrogen (secondary N) is 1. The first-order valence-corrected chi connectivity index (χ1v) is 7.37. The molecule has 0 heterocycles. The van der Waals surface area contributed by atoms with Gasteiger partial charge < -0.3 is 5.32 Å². The SMILES string of the molecule is C#CCC(CC)NC(=O)c1ccc2cc(Br)ccc2c1. The normalized spacial score (nSPS) is 11.8. The highest BCUT2D eigenvalue weighted by molar-refractivity contribution is 9.10. The van der Waals surface area contributed by atoms with Crippen LogP contribution in [0.3, 0.4) is 0 Å². The predicted octanol–water partition coefficient (Wildman–Crippen LogP) is 4.13. The number of rotatable bonds is 4. The van der Waals surface area contributed by atoms with Gasteiger partial charge in [-0.3, -0.25) is 4.79 Å². The van der Waals surface area contributed by atoms with E-state index in [1.54, 1.807) is 0 Å². The molecule has 102 valence electrons. The van der Waals surface area contributed by atoms with Crippen LogP contribution in [0.1, 0.15) is 30.1 Å². The highest BCUT2D eigenvalue weighted by atomic mass is 79.9. The van der Waals surface area contributed by atoms with Crippen LogP contribution in [-0.4, -0.2) is 11.9 Å². The molecule has 2 nitrogen and oxygen atoms in total. The summed E-state index contributed by atoms with van der Waals surface area (Å²) in [6.45, 7) is 2.01. The van der Waals surface area contributed by atoms with Crippen molar-refractivity contribution in [2.24, 2.45) is 0 Å². The molecular formula is C17H16BrNO. The number of halogens is 1. The number of amides is 1. The summed E-state index contributed by atoms with van der Waals surface area (Å²) in [5.41, 5.74) is 0.662. The van der Waals surface area contributed by atoms with Gasteiger partial charge in [0.15, 0.2) is 0 Å². The third-order valence-electron chi connectivity index (χ3n) is 3.26. The third kappa shape index (κ3) is 3.40. The lowest BCUT2D eigenvalue weighted by molar-refractivity contribution is 0.0937. The molecule has 1 unspecified atom stereocenters. The molecule has 0 saturated carbocycles. The Hall–Kier alpha value is -1.79. The van der Waals surface area contributed by atoms with Gasteiger partial charge in [-0.2, -0.15) is 0 Å². The average molecular weight is 330 g/mol. The van der Waals surface area contributed by atoms with E-state index in [1.807, 2.05) is 43.3 Å². The molecule has 0 aromatic heterocycles. The number of carbonyl (C=O) groups is 1. The van der Waals surface area contributed by atoms with E-state index in [9.17, 15) is 4.79 Å². The summed E-state index contributed by atoms with van der Waals surface area (Å²) in [6.07, 6.45) is 6.69. The molecule has 2 aromatic carbocycles. The van der Waals surface area contributed by atoms with E-state index in [0.717, 1.165) is 21.7 Å². The van der Waals surface area contributed by atoms with Crippen molar-refractivity contribution in [2.75, 3.05) is 0 Å². The fourth-order valence-electron chi connectivity index (χ4n) is 2.07. The van der Waals surface area contributed by atoms with Gasteiger partial charge in [0.1, 0.15) is 0 Å². The van der Waals surface area contributed by atoms with Crippen LogP contribution in [0.25, 0.3) is 10.8 Å². The lowest BCUT2D eigenvalue weighted by Gasteiger charge is -2.14. The number of hydrogen-bond acceptors (Lipinski definition) is 1. The second-order valence-corrected chi connectivity index (χ2v) is 5.61. The fraction of sp³-hybridized carbons (Fsp3) is 0.235. The Morgan fingerprint density at radius 3 is 2.70 bits per heavy atom. The molecule has 20 heavy (non-hydrogen) atoms. The van der Waals surface area contributed by atoms with Crippen molar-refractivity contribution < 1.29 is 4.79 Å². The first kappa shape index (κ1) is 14.6. The molecule has 1 atom stereocenters. The number of terminal acetylenes is 1. The predicted molar refractivity (Wildman–Crippen MR) is 86.6 cm³/mol. The van der Waals surface area contributed by atoms with Crippen LogP contribution in [0.2, 0.25) is 0 Å². The zero-order valence-electron chi connectivity index (χ0n) is 11.3. The van der Waals surface area contributed by atoms with Crippen LogP contribution in [0.15, 0.2) is 40.9 Å². The molecular weight excluding hydrogens is 314 g/mol. The maximum Gasteiger partial charge on any atom is 0.251 e. The Bertz CT molecular complexity index is 672. The topological polar surface area (TPSA) is 29.1 Å². The molecule has 0 aliphatic heterocycles. The molecule has 0 radical (unpaired) electrons. The summed E-state index contributed by atoms with van der Waals surface area (Å²) < 4.78 is 1.03. The van der Waals surface area contributed by atoms with Gasteiger partial charge in [-0.1, -0.05) is 35.0 Å². The van der Waals surface area contributed by atoms with Crippen LogP contribution < -0.4 is 5.32 Å². The molecule has 0 aliphatic carbocycles. The number of benzene rings is 2. The summed E-state index contributed by atoms with van der Waals surface area (Å²) in [7, 11) is 0. The zero-order valence-corrected chi connectivity index (χ0v) is 12.9. The highest BCUT2D eigenvalue weighted by Crippen LogP contribution is 2.21. The van der Waals surface area contributed by atoms with Crippen molar-refractivity contribution in [2.45, 2.75) is 25.8 Å². The Morgan fingerprint density at radius 2 is 2.00 bits per heavy atom. The molecule has 0 fully saturated rings. The Kier molecular flexibility index (Phi) is 4.81. The van der Waals surface area contributed by atoms with Crippen molar-refractivity contribution in [3.05, 3.63) is 46.4 Å². The second-order valence-electron chi connectivity index (χ2n) is 4.69.